The molecular formula is C27H22N2O6. The Morgan fingerprint density at radius 1 is 0.857 bits per heavy atom. The van der Waals surface area contributed by atoms with Crippen molar-refractivity contribution in [2.45, 2.75) is 19.4 Å². The zero-order chi connectivity index (χ0) is 24.9. The Morgan fingerprint density at radius 3 is 2.11 bits per heavy atom. The van der Waals surface area contributed by atoms with Crippen LogP contribution < -0.4 is 10.2 Å². The van der Waals surface area contributed by atoms with Crippen molar-refractivity contribution in [2.24, 2.45) is 0 Å². The molecule has 1 atom stereocenters. The van der Waals surface area contributed by atoms with Crippen molar-refractivity contribution in [3.63, 3.8) is 0 Å². The number of nitrogens with zero attached hydrogens (tertiary/aromatic N) is 1. The number of imide groups is 1. The van der Waals surface area contributed by atoms with E-state index in [1.807, 2.05) is 30.3 Å². The van der Waals surface area contributed by atoms with Gasteiger partial charge in [0.2, 0.25) is 0 Å². The van der Waals surface area contributed by atoms with Crippen molar-refractivity contribution < 1.29 is 28.7 Å². The van der Waals surface area contributed by atoms with Gasteiger partial charge in [0.15, 0.2) is 12.4 Å². The van der Waals surface area contributed by atoms with Gasteiger partial charge in [-0.05, 0) is 49.2 Å². The fraction of sp³-hybridized carbons (Fsp3) is 0.148. The molecule has 3 aromatic rings. The van der Waals surface area contributed by atoms with Gasteiger partial charge in [0.25, 0.3) is 17.7 Å². The number of ketones is 1. The summed E-state index contributed by atoms with van der Waals surface area (Å²) in [5.41, 5.74) is 1.75. The van der Waals surface area contributed by atoms with Crippen LogP contribution in [-0.2, 0) is 20.7 Å². The highest BCUT2D eigenvalue weighted by atomic mass is 16.5. The number of hydrogen-bond donors (Lipinski definition) is 1. The van der Waals surface area contributed by atoms with E-state index in [-0.39, 0.29) is 28.2 Å². The lowest BCUT2D eigenvalue weighted by Crippen LogP contribution is -2.43. The third-order valence-electron chi connectivity index (χ3n) is 5.58. The largest absolute Gasteiger partial charge is 0.452 e. The van der Waals surface area contributed by atoms with Crippen LogP contribution in [0.1, 0.15) is 43.6 Å². The first-order valence-electron chi connectivity index (χ1n) is 10.9. The van der Waals surface area contributed by atoms with E-state index in [9.17, 15) is 24.0 Å². The Balaban J connectivity index is 1.39. The van der Waals surface area contributed by atoms with Gasteiger partial charge in [0, 0.05) is 0 Å². The van der Waals surface area contributed by atoms with Crippen molar-refractivity contribution in [3.8, 4) is 0 Å². The number of benzene rings is 3. The third kappa shape index (κ3) is 5.16. The van der Waals surface area contributed by atoms with E-state index in [2.05, 4.69) is 5.32 Å². The number of Topliss-reactive ketones (excluding diaryl/α,β-unsaturated/α-hetero) is 1. The number of ether oxygens (including phenoxy) is 1. The van der Waals surface area contributed by atoms with Gasteiger partial charge in [0.05, 0.1) is 28.4 Å². The van der Waals surface area contributed by atoms with E-state index in [1.165, 1.54) is 31.2 Å². The molecule has 0 unspecified atom stereocenters. The monoisotopic (exact) mass is 470 g/mol. The summed E-state index contributed by atoms with van der Waals surface area (Å²) in [4.78, 5) is 63.2. The molecule has 1 N–H and O–H groups in total. The number of hydrogen-bond acceptors (Lipinski definition) is 6. The Labute approximate surface area is 201 Å². The number of carbonyl (C=O) groups is 5. The van der Waals surface area contributed by atoms with Crippen LogP contribution in [0.15, 0.2) is 78.9 Å². The summed E-state index contributed by atoms with van der Waals surface area (Å²) in [6.45, 7) is 0.791. The molecule has 3 amide bonds. The Kier molecular flexibility index (Phi) is 6.82. The van der Waals surface area contributed by atoms with Crippen molar-refractivity contribution in [3.05, 3.63) is 101 Å². The van der Waals surface area contributed by atoms with E-state index in [1.54, 1.807) is 24.3 Å². The molecule has 8 heteroatoms. The summed E-state index contributed by atoms with van der Waals surface area (Å²) in [6, 6.07) is 20.8. The van der Waals surface area contributed by atoms with Gasteiger partial charge in [-0.1, -0.05) is 48.5 Å². The zero-order valence-electron chi connectivity index (χ0n) is 18.9. The molecule has 1 aliphatic rings. The number of rotatable bonds is 8. The van der Waals surface area contributed by atoms with E-state index >= 15 is 0 Å². The second kappa shape index (κ2) is 10.1. The summed E-state index contributed by atoms with van der Waals surface area (Å²) in [5, 5.41) is 2.59. The van der Waals surface area contributed by atoms with Crippen LogP contribution in [0.3, 0.4) is 0 Å². The summed E-state index contributed by atoms with van der Waals surface area (Å²) in [5.74, 6) is -2.61. The molecule has 3 aromatic carbocycles. The number of nitrogens with one attached hydrogen (secondary N) is 1. The Morgan fingerprint density at radius 2 is 1.49 bits per heavy atom. The first-order chi connectivity index (χ1) is 16.8. The molecule has 4 rings (SSSR count). The molecule has 0 radical (unpaired) electrons. The summed E-state index contributed by atoms with van der Waals surface area (Å²) in [6.07, 6.45) is 0.318. The standard InChI is InChI=1S/C27H22N2O6/c1-17(30)23(14-18-8-3-2-4-9-18)28-24(31)16-35-27(34)19-10-7-11-20(15-19)29-25(32)21-12-5-6-13-22(21)26(29)33/h2-13,15,23H,14,16H2,1H3,(H,28,31)/t23-/m1/s1. The number of amides is 3. The number of fused-ring (bicyclic) bond motifs is 1. The second-order valence-electron chi connectivity index (χ2n) is 8.04. The average molecular weight is 470 g/mol. The lowest BCUT2D eigenvalue weighted by molar-refractivity contribution is -0.128. The minimum absolute atomic E-state index is 0.0688. The van der Waals surface area contributed by atoms with Crippen molar-refractivity contribution in [2.75, 3.05) is 11.5 Å². The Bertz CT molecular complexity index is 1280. The van der Waals surface area contributed by atoms with E-state index in [4.69, 9.17) is 4.74 Å². The highest BCUT2D eigenvalue weighted by Gasteiger charge is 2.36. The smallest absolute Gasteiger partial charge is 0.338 e. The molecule has 1 aliphatic heterocycles. The topological polar surface area (TPSA) is 110 Å². The lowest BCUT2D eigenvalue weighted by Gasteiger charge is -2.16. The third-order valence-corrected chi connectivity index (χ3v) is 5.58. The predicted molar refractivity (Wildman–Crippen MR) is 127 cm³/mol. The van der Waals surface area contributed by atoms with Crippen LogP contribution in [0.4, 0.5) is 5.69 Å². The minimum atomic E-state index is -0.805. The molecule has 8 nitrogen and oxygen atoms in total. The maximum atomic E-state index is 12.7. The van der Waals surface area contributed by atoms with Crippen LogP contribution in [0.25, 0.3) is 0 Å². The quantitative estimate of drug-likeness (QED) is 0.400. The highest BCUT2D eigenvalue weighted by Crippen LogP contribution is 2.28. The van der Waals surface area contributed by atoms with E-state index < -0.39 is 36.3 Å². The van der Waals surface area contributed by atoms with Gasteiger partial charge in [0.1, 0.15) is 0 Å². The zero-order valence-corrected chi connectivity index (χ0v) is 18.9. The van der Waals surface area contributed by atoms with Crippen LogP contribution in [0.5, 0.6) is 0 Å². The average Bonchev–Trinajstić information content (AvgIpc) is 3.12. The molecule has 0 saturated carbocycles. The van der Waals surface area contributed by atoms with Gasteiger partial charge in [-0.15, -0.1) is 0 Å². The molecular weight excluding hydrogens is 448 g/mol. The predicted octanol–water partition coefficient (Wildman–Crippen LogP) is 2.96. The van der Waals surface area contributed by atoms with E-state index in [0.29, 0.717) is 6.42 Å². The van der Waals surface area contributed by atoms with Crippen molar-refractivity contribution >= 4 is 35.2 Å². The second-order valence-corrected chi connectivity index (χ2v) is 8.04. The molecule has 176 valence electrons. The van der Waals surface area contributed by atoms with E-state index in [0.717, 1.165) is 10.5 Å². The first-order valence-corrected chi connectivity index (χ1v) is 10.9. The van der Waals surface area contributed by atoms with Crippen molar-refractivity contribution in [1.29, 1.82) is 0 Å². The van der Waals surface area contributed by atoms with Crippen molar-refractivity contribution in [1.82, 2.24) is 5.32 Å². The number of carbonyl (C=O) groups excluding carboxylic acids is 5. The van der Waals surface area contributed by atoms with Crippen LogP contribution in [0, 0.1) is 0 Å². The molecule has 0 aliphatic carbocycles. The first kappa shape index (κ1) is 23.6. The van der Waals surface area contributed by atoms with Gasteiger partial charge >= 0.3 is 5.97 Å². The van der Waals surface area contributed by atoms with Crippen LogP contribution in [0.2, 0.25) is 0 Å². The van der Waals surface area contributed by atoms with Gasteiger partial charge in [-0.25, -0.2) is 9.69 Å². The maximum Gasteiger partial charge on any atom is 0.338 e. The number of anilines is 1. The Hall–Kier alpha value is -4.59. The maximum absolute atomic E-state index is 12.7. The molecule has 0 fully saturated rings. The molecule has 0 saturated heterocycles. The molecule has 0 aromatic heterocycles. The number of esters is 1. The molecule has 1 heterocycles. The fourth-order valence-electron chi connectivity index (χ4n) is 3.79. The van der Waals surface area contributed by atoms with Crippen LogP contribution >= 0.6 is 0 Å². The molecule has 0 spiro atoms. The van der Waals surface area contributed by atoms with Gasteiger partial charge in [-0.2, -0.15) is 0 Å². The SMILES string of the molecule is CC(=O)[C@@H](Cc1ccccc1)NC(=O)COC(=O)c1cccc(N2C(=O)c3ccccc3C2=O)c1. The van der Waals surface area contributed by atoms with Gasteiger partial charge in [-0.3, -0.25) is 19.2 Å². The molecule has 35 heavy (non-hydrogen) atoms. The minimum Gasteiger partial charge on any atom is -0.452 e. The highest BCUT2D eigenvalue weighted by molar-refractivity contribution is 6.34. The summed E-state index contributed by atoms with van der Waals surface area (Å²) in [7, 11) is 0. The fourth-order valence-corrected chi connectivity index (χ4v) is 3.79. The summed E-state index contributed by atoms with van der Waals surface area (Å²) >= 11 is 0. The normalized spacial score (nSPS) is 13.2. The van der Waals surface area contributed by atoms with Crippen LogP contribution in [-0.4, -0.2) is 42.1 Å². The summed E-state index contributed by atoms with van der Waals surface area (Å²) < 4.78 is 5.10. The van der Waals surface area contributed by atoms with Gasteiger partial charge < -0.3 is 10.1 Å². The lowest BCUT2D eigenvalue weighted by atomic mass is 10.0. The molecule has 0 bridgehead atoms.